The lowest BCUT2D eigenvalue weighted by molar-refractivity contribution is 0.0777. The van der Waals surface area contributed by atoms with Gasteiger partial charge in [0.25, 0.3) is 11.5 Å². The number of aromatic amines is 1. The van der Waals surface area contributed by atoms with Crippen LogP contribution in [-0.4, -0.2) is 33.6 Å². The molecular weight excluding hydrogens is 397 g/mol. The van der Waals surface area contributed by atoms with Crippen LogP contribution in [0.2, 0.25) is 0 Å². The minimum absolute atomic E-state index is 0.0536. The number of halogens is 1. The van der Waals surface area contributed by atoms with Gasteiger partial charge in [0.2, 0.25) is 0 Å². The van der Waals surface area contributed by atoms with E-state index in [2.05, 4.69) is 9.97 Å². The summed E-state index contributed by atoms with van der Waals surface area (Å²) in [5.74, 6) is -0.893. The van der Waals surface area contributed by atoms with E-state index in [4.69, 9.17) is 0 Å². The summed E-state index contributed by atoms with van der Waals surface area (Å²) in [5, 5.41) is 0.468. The first-order valence-corrected chi connectivity index (χ1v) is 9.57. The van der Waals surface area contributed by atoms with Gasteiger partial charge in [-0.15, -0.1) is 0 Å². The van der Waals surface area contributed by atoms with Crippen molar-refractivity contribution in [3.05, 3.63) is 111 Å². The molecule has 4 rings (SSSR count). The lowest BCUT2D eigenvalue weighted by Crippen LogP contribution is -2.29. The second-order valence-electron chi connectivity index (χ2n) is 7.07. The molecule has 0 aliphatic heterocycles. The number of fused-ring (bicyclic) bond motifs is 1. The Morgan fingerprint density at radius 1 is 0.935 bits per heavy atom. The van der Waals surface area contributed by atoms with Gasteiger partial charge in [0, 0.05) is 18.2 Å². The Morgan fingerprint density at radius 2 is 1.58 bits per heavy atom. The maximum absolute atomic E-state index is 13.2. The molecule has 3 aromatic carbocycles. The van der Waals surface area contributed by atoms with Crippen molar-refractivity contribution in [2.75, 3.05) is 7.05 Å². The molecule has 0 saturated heterocycles. The van der Waals surface area contributed by atoms with Crippen molar-refractivity contribution in [1.29, 1.82) is 0 Å². The Balaban J connectivity index is 1.62. The first-order chi connectivity index (χ1) is 14.9. The summed E-state index contributed by atoms with van der Waals surface area (Å²) < 4.78 is 13.2. The molecule has 0 unspecified atom stereocenters. The van der Waals surface area contributed by atoms with Crippen molar-refractivity contribution in [2.45, 2.75) is 6.54 Å². The lowest BCUT2D eigenvalue weighted by atomic mass is 9.97. The zero-order chi connectivity index (χ0) is 22.0. The van der Waals surface area contributed by atoms with Crippen LogP contribution in [0.4, 0.5) is 4.39 Å². The van der Waals surface area contributed by atoms with Crippen LogP contribution in [0.15, 0.2) is 77.6 Å². The number of para-hydroxylation sites is 1. The topological polar surface area (TPSA) is 83.1 Å². The second-order valence-corrected chi connectivity index (χ2v) is 7.07. The van der Waals surface area contributed by atoms with Crippen molar-refractivity contribution in [3.63, 3.8) is 0 Å². The molecule has 0 bridgehead atoms. The third kappa shape index (κ3) is 4.11. The highest BCUT2D eigenvalue weighted by Crippen LogP contribution is 2.18. The molecule has 1 heterocycles. The van der Waals surface area contributed by atoms with Gasteiger partial charge in [0.1, 0.15) is 11.6 Å². The summed E-state index contributed by atoms with van der Waals surface area (Å²) in [7, 11) is 1.57. The van der Waals surface area contributed by atoms with Gasteiger partial charge in [-0.3, -0.25) is 14.4 Å². The maximum Gasteiger partial charge on any atom is 0.258 e. The molecule has 0 saturated carbocycles. The number of hydrogen-bond donors (Lipinski definition) is 1. The van der Waals surface area contributed by atoms with E-state index in [9.17, 15) is 18.8 Å². The molecule has 1 amide bonds. The van der Waals surface area contributed by atoms with Crippen molar-refractivity contribution in [1.82, 2.24) is 14.9 Å². The Kier molecular flexibility index (Phi) is 5.41. The van der Waals surface area contributed by atoms with Crippen LogP contribution < -0.4 is 5.56 Å². The fourth-order valence-electron chi connectivity index (χ4n) is 3.34. The van der Waals surface area contributed by atoms with E-state index in [-0.39, 0.29) is 34.6 Å². The molecule has 7 heteroatoms. The largest absolute Gasteiger partial charge is 0.334 e. The lowest BCUT2D eigenvalue weighted by Gasteiger charge is -2.18. The second kappa shape index (κ2) is 8.31. The SMILES string of the molecule is CN(Cc1nc2ccccc2c(=O)[nH]1)C(=O)c1ccccc1C(=O)c1ccc(F)cc1. The van der Waals surface area contributed by atoms with E-state index in [1.54, 1.807) is 55.6 Å². The van der Waals surface area contributed by atoms with Crippen LogP contribution in [-0.2, 0) is 6.54 Å². The minimum atomic E-state index is -0.447. The fourth-order valence-corrected chi connectivity index (χ4v) is 3.34. The summed E-state index contributed by atoms with van der Waals surface area (Å²) in [5.41, 5.74) is 0.959. The number of carbonyl (C=O) groups is 2. The summed E-state index contributed by atoms with van der Waals surface area (Å²) in [6.07, 6.45) is 0. The predicted molar refractivity (Wildman–Crippen MR) is 114 cm³/mol. The van der Waals surface area contributed by atoms with Crippen molar-refractivity contribution in [3.8, 4) is 0 Å². The molecule has 0 aliphatic rings. The Morgan fingerprint density at radius 3 is 2.32 bits per heavy atom. The number of nitrogens with zero attached hydrogens (tertiary/aromatic N) is 2. The maximum atomic E-state index is 13.2. The van der Waals surface area contributed by atoms with Crippen molar-refractivity contribution < 1.29 is 14.0 Å². The molecule has 0 spiro atoms. The molecule has 0 atom stereocenters. The van der Waals surface area contributed by atoms with Gasteiger partial charge in [0.05, 0.1) is 23.0 Å². The standard InChI is InChI=1S/C24H18FN3O3/c1-28(14-21-26-20-9-5-4-8-19(20)23(30)27-21)24(31)18-7-3-2-6-17(18)22(29)15-10-12-16(25)13-11-15/h2-13H,14H2,1H3,(H,26,27,30). The summed E-state index contributed by atoms with van der Waals surface area (Å²) in [4.78, 5) is 46.8. The van der Waals surface area contributed by atoms with Gasteiger partial charge in [-0.1, -0.05) is 30.3 Å². The van der Waals surface area contributed by atoms with Gasteiger partial charge in [-0.25, -0.2) is 9.37 Å². The molecule has 0 radical (unpaired) electrons. The number of nitrogens with one attached hydrogen (secondary N) is 1. The zero-order valence-corrected chi connectivity index (χ0v) is 16.6. The number of rotatable bonds is 5. The van der Waals surface area contributed by atoms with Gasteiger partial charge in [-0.2, -0.15) is 0 Å². The van der Waals surface area contributed by atoms with Gasteiger partial charge in [-0.05, 0) is 42.5 Å². The molecule has 0 aliphatic carbocycles. The number of carbonyl (C=O) groups excluding carboxylic acids is 2. The van der Waals surface area contributed by atoms with E-state index < -0.39 is 11.7 Å². The van der Waals surface area contributed by atoms with Gasteiger partial charge < -0.3 is 9.88 Å². The molecule has 1 aromatic heterocycles. The Labute approximate surface area is 177 Å². The Bertz CT molecular complexity index is 1350. The molecule has 1 N–H and O–H groups in total. The average Bonchev–Trinajstić information content (AvgIpc) is 2.78. The van der Waals surface area contributed by atoms with E-state index in [0.717, 1.165) is 0 Å². The zero-order valence-electron chi connectivity index (χ0n) is 16.6. The fraction of sp³-hybridized carbons (Fsp3) is 0.0833. The number of aromatic nitrogens is 2. The van der Waals surface area contributed by atoms with Crippen LogP contribution in [0, 0.1) is 5.82 Å². The number of H-pyrrole nitrogens is 1. The molecule has 4 aromatic rings. The van der Waals surface area contributed by atoms with Gasteiger partial charge in [0.15, 0.2) is 5.78 Å². The molecule has 31 heavy (non-hydrogen) atoms. The van der Waals surface area contributed by atoms with Crippen LogP contribution in [0.1, 0.15) is 32.1 Å². The number of amides is 1. The summed E-state index contributed by atoms with van der Waals surface area (Å²) in [6, 6.07) is 18.6. The highest BCUT2D eigenvalue weighted by molar-refractivity contribution is 6.15. The molecular formula is C24H18FN3O3. The molecule has 0 fully saturated rings. The first kappa shape index (κ1) is 20.2. The van der Waals surface area contributed by atoms with Crippen LogP contribution in [0.25, 0.3) is 10.9 Å². The summed E-state index contributed by atoms with van der Waals surface area (Å²) in [6.45, 7) is 0.0536. The quantitative estimate of drug-likeness (QED) is 0.505. The number of benzene rings is 3. The third-order valence-corrected chi connectivity index (χ3v) is 4.90. The third-order valence-electron chi connectivity index (χ3n) is 4.90. The van der Waals surface area contributed by atoms with Crippen LogP contribution in [0.5, 0.6) is 0 Å². The summed E-state index contributed by atoms with van der Waals surface area (Å²) >= 11 is 0. The monoisotopic (exact) mass is 415 g/mol. The highest BCUT2D eigenvalue weighted by atomic mass is 19.1. The van der Waals surface area contributed by atoms with E-state index in [0.29, 0.717) is 16.7 Å². The first-order valence-electron chi connectivity index (χ1n) is 9.57. The van der Waals surface area contributed by atoms with E-state index >= 15 is 0 Å². The molecule has 6 nitrogen and oxygen atoms in total. The predicted octanol–water partition coefficient (Wildman–Crippen LogP) is 3.57. The smallest absolute Gasteiger partial charge is 0.258 e. The van der Waals surface area contributed by atoms with Crippen molar-refractivity contribution in [2.24, 2.45) is 0 Å². The van der Waals surface area contributed by atoms with Gasteiger partial charge >= 0.3 is 0 Å². The van der Waals surface area contributed by atoms with E-state index in [1.807, 2.05) is 0 Å². The number of hydrogen-bond acceptors (Lipinski definition) is 4. The molecule has 154 valence electrons. The van der Waals surface area contributed by atoms with E-state index in [1.165, 1.54) is 29.2 Å². The minimum Gasteiger partial charge on any atom is -0.334 e. The Hall–Kier alpha value is -4.13. The normalized spacial score (nSPS) is 10.8. The van der Waals surface area contributed by atoms with Crippen LogP contribution in [0.3, 0.4) is 0 Å². The van der Waals surface area contributed by atoms with Crippen LogP contribution >= 0.6 is 0 Å². The highest BCUT2D eigenvalue weighted by Gasteiger charge is 2.21. The van der Waals surface area contributed by atoms with Crippen molar-refractivity contribution >= 4 is 22.6 Å². The average molecular weight is 415 g/mol. The number of ketones is 1.